The Morgan fingerprint density at radius 2 is 0.951 bits per heavy atom. The number of rotatable bonds is 4. The Bertz CT molecular complexity index is 3860. The van der Waals surface area contributed by atoms with Crippen molar-refractivity contribution in [1.29, 1.82) is 0 Å². The van der Waals surface area contributed by atoms with Crippen LogP contribution in [-0.2, 0) is 6.18 Å². The first kappa shape index (κ1) is 33.9. The third-order valence-corrected chi connectivity index (χ3v) is 12.1. The van der Waals surface area contributed by atoms with E-state index < -0.39 is 11.7 Å². The lowest BCUT2D eigenvalue weighted by Crippen LogP contribution is -2.12. The molecule has 5 aromatic heterocycles. The fraction of sp³-hybridized carbons (Fsp3) is 0.0192. The predicted molar refractivity (Wildman–Crippen MR) is 237 cm³/mol. The molecule has 0 spiro atoms. The molecule has 0 radical (unpaired) electrons. The molecule has 9 heteroatoms. The van der Waals surface area contributed by atoms with Crippen LogP contribution < -0.4 is 0 Å². The van der Waals surface area contributed by atoms with Gasteiger partial charge in [-0.05, 0) is 36.4 Å². The van der Waals surface area contributed by atoms with Crippen molar-refractivity contribution in [2.75, 3.05) is 0 Å². The number of furan rings is 1. The van der Waals surface area contributed by atoms with Gasteiger partial charge in [-0.25, -0.2) is 15.0 Å². The van der Waals surface area contributed by atoms with Crippen molar-refractivity contribution in [3.8, 4) is 39.9 Å². The summed E-state index contributed by atoms with van der Waals surface area (Å²) in [6.45, 7) is 0. The minimum Gasteiger partial charge on any atom is -0.454 e. The third-order valence-electron chi connectivity index (χ3n) is 12.1. The summed E-state index contributed by atoms with van der Waals surface area (Å²) in [4.78, 5) is 14.7. The number of aromatic nitrogens is 5. The lowest BCUT2D eigenvalue weighted by atomic mass is 9.99. The molecule has 0 amide bonds. The quantitative estimate of drug-likeness (QED) is 0.178. The predicted octanol–water partition coefficient (Wildman–Crippen LogP) is 14.0. The number of benzene rings is 8. The van der Waals surface area contributed by atoms with E-state index in [1.165, 1.54) is 6.07 Å². The van der Waals surface area contributed by atoms with Gasteiger partial charge in [-0.1, -0.05) is 133 Å². The molecule has 0 aliphatic carbocycles. The second-order valence-corrected chi connectivity index (χ2v) is 15.4. The average molecular weight is 796 g/mol. The fourth-order valence-electron chi connectivity index (χ4n) is 9.62. The van der Waals surface area contributed by atoms with Crippen LogP contribution in [0, 0.1) is 0 Å². The van der Waals surface area contributed by atoms with Crippen molar-refractivity contribution in [2.24, 2.45) is 0 Å². The zero-order chi connectivity index (χ0) is 40.6. The van der Waals surface area contributed by atoms with E-state index in [2.05, 4.69) is 34.7 Å². The number of halogens is 3. The maximum Gasteiger partial charge on any atom is 0.418 e. The van der Waals surface area contributed by atoms with E-state index in [1.54, 1.807) is 10.6 Å². The molecule has 0 N–H and O–H groups in total. The minimum absolute atomic E-state index is 0.0794. The topological polar surface area (TPSA) is 61.2 Å². The maximum absolute atomic E-state index is 16.3. The molecule has 6 nitrogen and oxygen atoms in total. The SMILES string of the molecule is FC(F)(F)c1cc(-c2nc(-c3ccccc3)nc(-c3ccccc3)n2)c2c(oc3ccccc32)c1-n1c2ccccc2c2cc3c4ccccc4n4c5ccccc5c(c21)c34. The minimum atomic E-state index is -4.84. The monoisotopic (exact) mass is 795 g/mol. The van der Waals surface area contributed by atoms with Crippen molar-refractivity contribution >= 4 is 81.8 Å². The van der Waals surface area contributed by atoms with Gasteiger partial charge in [0.05, 0.1) is 33.1 Å². The summed E-state index contributed by atoms with van der Waals surface area (Å²) < 4.78 is 59.7. The van der Waals surface area contributed by atoms with E-state index in [4.69, 9.17) is 19.4 Å². The van der Waals surface area contributed by atoms with Gasteiger partial charge in [0.25, 0.3) is 0 Å². The molecule has 61 heavy (non-hydrogen) atoms. The number of para-hydroxylation sites is 4. The summed E-state index contributed by atoms with van der Waals surface area (Å²) in [6.07, 6.45) is -4.84. The molecular weight excluding hydrogens is 768 g/mol. The molecule has 8 aromatic carbocycles. The number of fused-ring (bicyclic) bond motifs is 13. The van der Waals surface area contributed by atoms with Crippen LogP contribution in [0.4, 0.5) is 13.2 Å². The van der Waals surface area contributed by atoms with E-state index in [-0.39, 0.29) is 22.7 Å². The highest BCUT2D eigenvalue weighted by Gasteiger charge is 2.39. The van der Waals surface area contributed by atoms with Crippen LogP contribution in [0.25, 0.3) is 122 Å². The van der Waals surface area contributed by atoms with Gasteiger partial charge in [0, 0.05) is 59.8 Å². The van der Waals surface area contributed by atoms with E-state index in [9.17, 15) is 0 Å². The molecular formula is C52H28F3N5O. The Morgan fingerprint density at radius 1 is 0.443 bits per heavy atom. The number of nitrogens with zero attached hydrogens (tertiary/aromatic N) is 5. The summed E-state index contributed by atoms with van der Waals surface area (Å²) >= 11 is 0. The Morgan fingerprint density at radius 3 is 1.61 bits per heavy atom. The first-order chi connectivity index (χ1) is 29.9. The van der Waals surface area contributed by atoms with Crippen molar-refractivity contribution in [3.63, 3.8) is 0 Å². The standard InChI is InChI=1S/C52H28F3N5O/c53-52(54,55)38-28-37(51-57-49(29-15-3-1-4-16-29)56-50(58-51)30-17-5-2-6-18-30)43-34-22-10-14-26-42(34)61-48(43)47(38)60-40-24-12-8-20-32(40)36-27-35-31-19-7-11-23-39(31)59-41-25-13-9-21-33(41)44(45(35)59)46(36)60/h1-28H. The zero-order valence-corrected chi connectivity index (χ0v) is 31.9. The smallest absolute Gasteiger partial charge is 0.418 e. The highest BCUT2D eigenvalue weighted by molar-refractivity contribution is 6.34. The third kappa shape index (κ3) is 4.71. The van der Waals surface area contributed by atoms with Crippen LogP contribution in [0.15, 0.2) is 174 Å². The number of hydrogen-bond acceptors (Lipinski definition) is 4. The van der Waals surface area contributed by atoms with Crippen molar-refractivity contribution in [1.82, 2.24) is 23.9 Å². The first-order valence-electron chi connectivity index (χ1n) is 19.9. The van der Waals surface area contributed by atoms with E-state index >= 15 is 13.2 Å². The molecule has 0 unspecified atom stereocenters. The summed E-state index contributed by atoms with van der Waals surface area (Å²) in [5.41, 5.74) is 5.40. The summed E-state index contributed by atoms with van der Waals surface area (Å²) in [5.74, 6) is 0.778. The Balaban J connectivity index is 1.23. The van der Waals surface area contributed by atoms with Gasteiger partial charge in [0.2, 0.25) is 0 Å². The lowest BCUT2D eigenvalue weighted by molar-refractivity contribution is -0.137. The molecule has 0 fully saturated rings. The van der Waals surface area contributed by atoms with E-state index in [0.29, 0.717) is 50.2 Å². The van der Waals surface area contributed by atoms with Crippen LogP contribution in [0.3, 0.4) is 0 Å². The number of alkyl halides is 3. The second kappa shape index (κ2) is 12.2. The lowest BCUT2D eigenvalue weighted by Gasteiger charge is -2.19. The van der Waals surface area contributed by atoms with Crippen LogP contribution in [0.1, 0.15) is 5.56 Å². The van der Waals surface area contributed by atoms with Crippen LogP contribution >= 0.6 is 0 Å². The summed E-state index contributed by atoms with van der Waals surface area (Å²) in [6, 6.07) is 53.6. The molecule has 0 saturated heterocycles. The molecule has 0 aliphatic heterocycles. The largest absolute Gasteiger partial charge is 0.454 e. The van der Waals surface area contributed by atoms with Crippen LogP contribution in [0.2, 0.25) is 0 Å². The normalized spacial score (nSPS) is 12.5. The van der Waals surface area contributed by atoms with Gasteiger partial charge < -0.3 is 13.4 Å². The fourth-order valence-corrected chi connectivity index (χ4v) is 9.62. The van der Waals surface area contributed by atoms with Crippen LogP contribution in [0.5, 0.6) is 0 Å². The van der Waals surface area contributed by atoms with Gasteiger partial charge in [0.15, 0.2) is 23.1 Å². The molecule has 5 heterocycles. The van der Waals surface area contributed by atoms with Gasteiger partial charge in [-0.15, -0.1) is 0 Å². The molecule has 0 saturated carbocycles. The Hall–Kier alpha value is -8.04. The maximum atomic E-state index is 16.3. The van der Waals surface area contributed by atoms with E-state index in [0.717, 1.165) is 48.9 Å². The average Bonchev–Trinajstić information content (AvgIpc) is 4.04. The molecule has 0 atom stereocenters. The van der Waals surface area contributed by atoms with Gasteiger partial charge in [-0.2, -0.15) is 13.2 Å². The second-order valence-electron chi connectivity index (χ2n) is 15.4. The van der Waals surface area contributed by atoms with Gasteiger partial charge in [-0.3, -0.25) is 0 Å². The molecule has 13 rings (SSSR count). The van der Waals surface area contributed by atoms with Crippen molar-refractivity contribution in [3.05, 3.63) is 175 Å². The van der Waals surface area contributed by atoms with Gasteiger partial charge >= 0.3 is 6.18 Å². The zero-order valence-electron chi connectivity index (χ0n) is 31.9. The molecule has 0 bridgehead atoms. The summed E-state index contributed by atoms with van der Waals surface area (Å²) in [5, 5.41) is 6.72. The molecule has 0 aliphatic rings. The van der Waals surface area contributed by atoms with Crippen molar-refractivity contribution in [2.45, 2.75) is 6.18 Å². The molecule has 288 valence electrons. The highest BCUT2D eigenvalue weighted by Crippen LogP contribution is 2.51. The molecule has 13 aromatic rings. The van der Waals surface area contributed by atoms with Crippen molar-refractivity contribution < 1.29 is 17.6 Å². The highest BCUT2D eigenvalue weighted by atomic mass is 19.4. The van der Waals surface area contributed by atoms with E-state index in [1.807, 2.05) is 127 Å². The van der Waals surface area contributed by atoms with Gasteiger partial charge in [0.1, 0.15) is 11.3 Å². The van der Waals surface area contributed by atoms with Crippen LogP contribution in [-0.4, -0.2) is 23.9 Å². The Kier molecular flexibility index (Phi) is 6.80. The number of hydrogen-bond donors (Lipinski definition) is 0. The summed E-state index contributed by atoms with van der Waals surface area (Å²) in [7, 11) is 0. The Labute approximate surface area is 343 Å². The first-order valence-corrected chi connectivity index (χ1v) is 19.9.